The van der Waals surface area contributed by atoms with Crippen molar-refractivity contribution < 1.29 is 13.6 Å². The first-order valence-electron chi connectivity index (χ1n) is 6.71. The molecule has 0 radical (unpaired) electrons. The summed E-state index contributed by atoms with van der Waals surface area (Å²) in [6.45, 7) is 4.18. The van der Waals surface area contributed by atoms with Gasteiger partial charge in [0, 0.05) is 6.54 Å². The highest BCUT2D eigenvalue weighted by Gasteiger charge is 2.19. The maximum Gasteiger partial charge on any atom is 0.273 e. The predicted octanol–water partition coefficient (Wildman–Crippen LogP) is 2.40. The van der Waals surface area contributed by atoms with Crippen molar-refractivity contribution in [2.75, 3.05) is 0 Å². The molecule has 0 fully saturated rings. The van der Waals surface area contributed by atoms with Gasteiger partial charge in [-0.15, -0.1) is 0 Å². The van der Waals surface area contributed by atoms with Crippen LogP contribution in [0, 0.1) is 11.7 Å². The standard InChI is InChI=1S/C15H18FN3O2/c1-9(2)13(17)15-19-12(8-21-15)14(20)18-7-10-3-5-11(16)6-4-10/h3-6,8-9,13H,7,17H2,1-2H3,(H,18,20). The smallest absolute Gasteiger partial charge is 0.273 e. The van der Waals surface area contributed by atoms with Crippen LogP contribution in [0.5, 0.6) is 0 Å². The van der Waals surface area contributed by atoms with E-state index in [1.54, 1.807) is 12.1 Å². The van der Waals surface area contributed by atoms with Crippen LogP contribution in [-0.4, -0.2) is 10.9 Å². The monoisotopic (exact) mass is 291 g/mol. The van der Waals surface area contributed by atoms with Crippen molar-refractivity contribution in [2.45, 2.75) is 26.4 Å². The first-order chi connectivity index (χ1) is 9.97. The number of nitrogens with two attached hydrogens (primary N) is 1. The fraction of sp³-hybridized carbons (Fsp3) is 0.333. The van der Waals surface area contributed by atoms with E-state index in [0.717, 1.165) is 5.56 Å². The normalized spacial score (nSPS) is 12.4. The van der Waals surface area contributed by atoms with Gasteiger partial charge in [0.2, 0.25) is 5.89 Å². The van der Waals surface area contributed by atoms with Gasteiger partial charge in [-0.25, -0.2) is 9.37 Å². The zero-order valence-electron chi connectivity index (χ0n) is 12.0. The van der Waals surface area contributed by atoms with Crippen molar-refractivity contribution >= 4 is 5.91 Å². The molecule has 0 aliphatic rings. The molecule has 1 aromatic carbocycles. The van der Waals surface area contributed by atoms with Gasteiger partial charge in [0.1, 0.15) is 12.1 Å². The molecule has 1 unspecified atom stereocenters. The second-order valence-electron chi connectivity index (χ2n) is 5.15. The van der Waals surface area contributed by atoms with Gasteiger partial charge in [-0.1, -0.05) is 26.0 Å². The molecule has 0 spiro atoms. The minimum Gasteiger partial charge on any atom is -0.446 e. The molecule has 1 aromatic heterocycles. The number of oxazole rings is 1. The zero-order valence-corrected chi connectivity index (χ0v) is 12.0. The number of nitrogens with one attached hydrogen (secondary N) is 1. The lowest BCUT2D eigenvalue weighted by atomic mass is 10.1. The molecule has 3 N–H and O–H groups in total. The van der Waals surface area contributed by atoms with Crippen LogP contribution in [-0.2, 0) is 6.54 Å². The molecule has 1 atom stereocenters. The third kappa shape index (κ3) is 3.88. The number of halogens is 1. The molecule has 1 heterocycles. The average Bonchev–Trinajstić information content (AvgIpc) is 2.95. The second kappa shape index (κ2) is 6.49. The summed E-state index contributed by atoms with van der Waals surface area (Å²) in [5.41, 5.74) is 6.89. The van der Waals surface area contributed by atoms with Gasteiger partial charge in [-0.3, -0.25) is 4.79 Å². The molecule has 6 heteroatoms. The number of aromatic nitrogens is 1. The number of carbonyl (C=O) groups is 1. The highest BCUT2D eigenvalue weighted by Crippen LogP contribution is 2.17. The molecule has 5 nitrogen and oxygen atoms in total. The summed E-state index contributed by atoms with van der Waals surface area (Å²) in [6.07, 6.45) is 1.29. The molecule has 21 heavy (non-hydrogen) atoms. The lowest BCUT2D eigenvalue weighted by molar-refractivity contribution is 0.0946. The predicted molar refractivity (Wildman–Crippen MR) is 75.8 cm³/mol. The van der Waals surface area contributed by atoms with Gasteiger partial charge in [0.15, 0.2) is 5.69 Å². The average molecular weight is 291 g/mol. The van der Waals surface area contributed by atoms with E-state index in [-0.39, 0.29) is 35.9 Å². The molecular formula is C15H18FN3O2. The van der Waals surface area contributed by atoms with Crippen LogP contribution in [0.15, 0.2) is 34.9 Å². The summed E-state index contributed by atoms with van der Waals surface area (Å²) in [5, 5.41) is 2.69. The SMILES string of the molecule is CC(C)C(N)c1nc(C(=O)NCc2ccc(F)cc2)co1. The van der Waals surface area contributed by atoms with Crippen molar-refractivity contribution in [1.82, 2.24) is 10.3 Å². The molecule has 2 rings (SSSR count). The van der Waals surface area contributed by atoms with Gasteiger partial charge < -0.3 is 15.5 Å². The van der Waals surface area contributed by atoms with Crippen LogP contribution in [0.2, 0.25) is 0 Å². The third-order valence-corrected chi connectivity index (χ3v) is 3.12. The second-order valence-corrected chi connectivity index (χ2v) is 5.15. The fourth-order valence-electron chi connectivity index (χ4n) is 1.71. The van der Waals surface area contributed by atoms with Crippen molar-refractivity contribution in [2.24, 2.45) is 11.7 Å². The van der Waals surface area contributed by atoms with E-state index in [4.69, 9.17) is 10.2 Å². The quantitative estimate of drug-likeness (QED) is 0.886. The lowest BCUT2D eigenvalue weighted by Crippen LogP contribution is -2.23. The van der Waals surface area contributed by atoms with E-state index in [1.807, 2.05) is 13.8 Å². The van der Waals surface area contributed by atoms with E-state index >= 15 is 0 Å². The molecule has 0 saturated heterocycles. The Kier molecular flexibility index (Phi) is 4.70. The van der Waals surface area contributed by atoms with Crippen LogP contribution < -0.4 is 11.1 Å². The molecular weight excluding hydrogens is 273 g/mol. The Hall–Kier alpha value is -2.21. The van der Waals surface area contributed by atoms with Crippen LogP contribution in [0.4, 0.5) is 4.39 Å². The van der Waals surface area contributed by atoms with Crippen LogP contribution in [0.3, 0.4) is 0 Å². The van der Waals surface area contributed by atoms with Crippen LogP contribution in [0.1, 0.15) is 41.8 Å². The van der Waals surface area contributed by atoms with Gasteiger partial charge >= 0.3 is 0 Å². The van der Waals surface area contributed by atoms with E-state index in [2.05, 4.69) is 10.3 Å². The summed E-state index contributed by atoms with van der Waals surface area (Å²) in [7, 11) is 0. The van der Waals surface area contributed by atoms with Gasteiger partial charge in [0.25, 0.3) is 5.91 Å². The fourth-order valence-corrected chi connectivity index (χ4v) is 1.71. The summed E-state index contributed by atoms with van der Waals surface area (Å²) in [5.74, 6) is -0.158. The first kappa shape index (κ1) is 15.2. The van der Waals surface area contributed by atoms with Crippen LogP contribution >= 0.6 is 0 Å². The molecule has 0 saturated carbocycles. The Balaban J connectivity index is 1.96. The lowest BCUT2D eigenvalue weighted by Gasteiger charge is -2.10. The minimum absolute atomic E-state index is 0.166. The number of carbonyl (C=O) groups excluding carboxylic acids is 1. The van der Waals surface area contributed by atoms with Gasteiger partial charge in [-0.05, 0) is 23.6 Å². The number of amides is 1. The maximum atomic E-state index is 12.8. The topological polar surface area (TPSA) is 81.1 Å². The highest BCUT2D eigenvalue weighted by molar-refractivity contribution is 5.91. The van der Waals surface area contributed by atoms with E-state index in [0.29, 0.717) is 5.89 Å². The number of hydrogen-bond donors (Lipinski definition) is 2. The largest absolute Gasteiger partial charge is 0.446 e. The van der Waals surface area contributed by atoms with Gasteiger partial charge in [-0.2, -0.15) is 0 Å². The van der Waals surface area contributed by atoms with Gasteiger partial charge in [0.05, 0.1) is 6.04 Å². The Bertz CT molecular complexity index is 608. The number of benzene rings is 1. The van der Waals surface area contributed by atoms with Crippen molar-refractivity contribution in [3.05, 3.63) is 53.5 Å². The number of rotatable bonds is 5. The number of hydrogen-bond acceptors (Lipinski definition) is 4. The summed E-state index contributed by atoms with van der Waals surface area (Å²) in [4.78, 5) is 16.0. The van der Waals surface area contributed by atoms with Crippen LogP contribution in [0.25, 0.3) is 0 Å². The van der Waals surface area contributed by atoms with E-state index < -0.39 is 0 Å². The zero-order chi connectivity index (χ0) is 15.4. The minimum atomic E-state index is -0.356. The highest BCUT2D eigenvalue weighted by atomic mass is 19.1. The molecule has 0 aliphatic carbocycles. The molecule has 1 amide bonds. The van der Waals surface area contributed by atoms with Crippen molar-refractivity contribution in [3.63, 3.8) is 0 Å². The van der Waals surface area contributed by atoms with E-state index in [9.17, 15) is 9.18 Å². The molecule has 2 aromatic rings. The van der Waals surface area contributed by atoms with Crippen molar-refractivity contribution in [1.29, 1.82) is 0 Å². The molecule has 0 aliphatic heterocycles. The summed E-state index contributed by atoms with van der Waals surface area (Å²) < 4.78 is 18.0. The molecule has 112 valence electrons. The van der Waals surface area contributed by atoms with E-state index in [1.165, 1.54) is 18.4 Å². The Labute approximate surface area is 122 Å². The summed E-state index contributed by atoms with van der Waals surface area (Å²) >= 11 is 0. The van der Waals surface area contributed by atoms with Crippen molar-refractivity contribution in [3.8, 4) is 0 Å². The molecule has 0 bridgehead atoms. The summed E-state index contributed by atoms with van der Waals surface area (Å²) in [6, 6.07) is 5.56. The Morgan fingerprint density at radius 1 is 1.38 bits per heavy atom. The maximum absolute atomic E-state index is 12.8. The Morgan fingerprint density at radius 2 is 2.05 bits per heavy atom. The first-order valence-corrected chi connectivity index (χ1v) is 6.71. The number of nitrogens with zero attached hydrogens (tertiary/aromatic N) is 1. The third-order valence-electron chi connectivity index (χ3n) is 3.12. The Morgan fingerprint density at radius 3 is 2.67 bits per heavy atom.